The van der Waals surface area contributed by atoms with Crippen molar-refractivity contribution < 1.29 is 9.66 Å². The van der Waals surface area contributed by atoms with Gasteiger partial charge in [-0.2, -0.15) is 0 Å². The predicted octanol–water partition coefficient (Wildman–Crippen LogP) is 3.62. The van der Waals surface area contributed by atoms with Crippen LogP contribution in [0.5, 0.6) is 5.75 Å². The molecule has 1 heterocycles. The summed E-state index contributed by atoms with van der Waals surface area (Å²) >= 11 is 0. The molecule has 0 radical (unpaired) electrons. The minimum atomic E-state index is -0.409. The molecule has 0 aromatic heterocycles. The zero-order valence-corrected chi connectivity index (χ0v) is 12.4. The fraction of sp³-hybridized carbons (Fsp3) is 0.600. The first-order valence-corrected chi connectivity index (χ1v) is 7.00. The number of hydrogen-bond donors (Lipinski definition) is 0. The Morgan fingerprint density at radius 2 is 2.05 bits per heavy atom. The molecule has 0 N–H and O–H groups in total. The highest BCUT2D eigenvalue weighted by atomic mass is 16.6. The third kappa shape index (κ3) is 3.21. The van der Waals surface area contributed by atoms with Gasteiger partial charge in [-0.15, -0.1) is 0 Å². The summed E-state index contributed by atoms with van der Waals surface area (Å²) in [6.45, 7) is 6.57. The molecule has 1 aromatic carbocycles. The SMILES string of the molecule is COc1cc(N2CCCC(C)(C)CC2)ccc1[N+](=O)[O-]. The van der Waals surface area contributed by atoms with E-state index in [1.54, 1.807) is 6.07 Å². The van der Waals surface area contributed by atoms with Crippen molar-refractivity contribution in [3.8, 4) is 5.75 Å². The topological polar surface area (TPSA) is 55.6 Å². The summed E-state index contributed by atoms with van der Waals surface area (Å²) < 4.78 is 5.14. The molecule has 2 rings (SSSR count). The lowest BCUT2D eigenvalue weighted by Gasteiger charge is -2.25. The van der Waals surface area contributed by atoms with Gasteiger partial charge >= 0.3 is 5.69 Å². The minimum Gasteiger partial charge on any atom is -0.490 e. The normalized spacial score (nSPS) is 18.4. The molecule has 1 aliphatic rings. The fourth-order valence-corrected chi connectivity index (χ4v) is 2.69. The molecule has 20 heavy (non-hydrogen) atoms. The van der Waals surface area contributed by atoms with Gasteiger partial charge in [0.05, 0.1) is 12.0 Å². The summed E-state index contributed by atoms with van der Waals surface area (Å²) in [4.78, 5) is 12.8. The van der Waals surface area contributed by atoms with Crippen LogP contribution in [-0.2, 0) is 0 Å². The van der Waals surface area contributed by atoms with Crippen LogP contribution in [0.2, 0.25) is 0 Å². The van der Waals surface area contributed by atoms with Gasteiger partial charge in [-0.3, -0.25) is 10.1 Å². The lowest BCUT2D eigenvalue weighted by molar-refractivity contribution is -0.385. The molecule has 0 aliphatic carbocycles. The molecule has 1 saturated heterocycles. The number of methoxy groups -OCH3 is 1. The molecular weight excluding hydrogens is 256 g/mol. The molecule has 0 amide bonds. The van der Waals surface area contributed by atoms with Gasteiger partial charge in [-0.05, 0) is 30.7 Å². The average molecular weight is 278 g/mol. The Labute approximate surface area is 119 Å². The van der Waals surface area contributed by atoms with Crippen molar-refractivity contribution in [3.63, 3.8) is 0 Å². The highest BCUT2D eigenvalue weighted by Crippen LogP contribution is 2.35. The quantitative estimate of drug-likeness (QED) is 0.626. The Kier molecular flexibility index (Phi) is 4.16. The summed E-state index contributed by atoms with van der Waals surface area (Å²) in [5.74, 6) is 0.330. The van der Waals surface area contributed by atoms with E-state index in [9.17, 15) is 10.1 Å². The molecule has 1 fully saturated rings. The Bertz CT molecular complexity index is 500. The van der Waals surface area contributed by atoms with Crippen molar-refractivity contribution in [1.82, 2.24) is 0 Å². The van der Waals surface area contributed by atoms with Gasteiger partial charge in [0, 0.05) is 30.9 Å². The average Bonchev–Trinajstić information content (AvgIpc) is 2.59. The molecule has 0 unspecified atom stereocenters. The van der Waals surface area contributed by atoms with E-state index in [1.165, 1.54) is 19.6 Å². The van der Waals surface area contributed by atoms with Crippen molar-refractivity contribution in [2.24, 2.45) is 5.41 Å². The maximum Gasteiger partial charge on any atom is 0.311 e. The molecule has 1 aromatic rings. The first-order chi connectivity index (χ1) is 9.43. The molecule has 5 heteroatoms. The van der Waals surface area contributed by atoms with Crippen LogP contribution in [0.25, 0.3) is 0 Å². The van der Waals surface area contributed by atoms with E-state index < -0.39 is 4.92 Å². The number of nitro benzene ring substituents is 1. The van der Waals surface area contributed by atoms with E-state index in [2.05, 4.69) is 18.7 Å². The van der Waals surface area contributed by atoms with Crippen molar-refractivity contribution >= 4 is 11.4 Å². The second-order valence-corrected chi connectivity index (χ2v) is 6.12. The van der Waals surface area contributed by atoms with Crippen LogP contribution >= 0.6 is 0 Å². The van der Waals surface area contributed by atoms with E-state index in [4.69, 9.17) is 4.74 Å². The van der Waals surface area contributed by atoms with Crippen molar-refractivity contribution in [3.05, 3.63) is 28.3 Å². The highest BCUT2D eigenvalue weighted by molar-refractivity contribution is 5.59. The molecule has 110 valence electrons. The largest absolute Gasteiger partial charge is 0.490 e. The number of nitro groups is 1. The van der Waals surface area contributed by atoms with Crippen LogP contribution in [-0.4, -0.2) is 25.1 Å². The Morgan fingerprint density at radius 3 is 2.70 bits per heavy atom. The Hall–Kier alpha value is -1.78. The summed E-state index contributed by atoms with van der Waals surface area (Å²) in [5, 5.41) is 10.9. The Morgan fingerprint density at radius 1 is 1.30 bits per heavy atom. The predicted molar refractivity (Wildman–Crippen MR) is 79.5 cm³/mol. The van der Waals surface area contributed by atoms with Crippen LogP contribution in [0.15, 0.2) is 18.2 Å². The van der Waals surface area contributed by atoms with Crippen LogP contribution in [0.1, 0.15) is 33.1 Å². The number of nitrogens with zero attached hydrogens (tertiary/aromatic N) is 2. The van der Waals surface area contributed by atoms with E-state index in [-0.39, 0.29) is 5.69 Å². The lowest BCUT2D eigenvalue weighted by Crippen LogP contribution is -2.25. The molecular formula is C15H22N2O3. The smallest absolute Gasteiger partial charge is 0.311 e. The zero-order chi connectivity index (χ0) is 14.8. The van der Waals surface area contributed by atoms with Crippen LogP contribution in [0.4, 0.5) is 11.4 Å². The van der Waals surface area contributed by atoms with Gasteiger partial charge < -0.3 is 9.64 Å². The summed E-state index contributed by atoms with van der Waals surface area (Å²) in [5.41, 5.74) is 1.40. The molecule has 0 spiro atoms. The molecule has 5 nitrogen and oxygen atoms in total. The lowest BCUT2D eigenvalue weighted by atomic mass is 9.85. The van der Waals surface area contributed by atoms with Crippen molar-refractivity contribution in [1.29, 1.82) is 0 Å². The highest BCUT2D eigenvalue weighted by Gasteiger charge is 2.24. The van der Waals surface area contributed by atoms with E-state index in [0.29, 0.717) is 11.2 Å². The van der Waals surface area contributed by atoms with Crippen LogP contribution in [0.3, 0.4) is 0 Å². The Balaban J connectivity index is 2.22. The summed E-state index contributed by atoms with van der Waals surface area (Å²) in [6.07, 6.45) is 3.49. The van der Waals surface area contributed by atoms with Gasteiger partial charge in [-0.1, -0.05) is 13.8 Å². The third-order valence-electron chi connectivity index (χ3n) is 4.07. The second-order valence-electron chi connectivity index (χ2n) is 6.12. The molecule has 0 saturated carbocycles. The maximum absolute atomic E-state index is 10.9. The third-order valence-corrected chi connectivity index (χ3v) is 4.07. The number of anilines is 1. The first kappa shape index (κ1) is 14.6. The summed E-state index contributed by atoms with van der Waals surface area (Å²) in [6, 6.07) is 5.12. The first-order valence-electron chi connectivity index (χ1n) is 7.00. The number of benzene rings is 1. The summed E-state index contributed by atoms with van der Waals surface area (Å²) in [7, 11) is 1.47. The number of ether oxygens (including phenoxy) is 1. The van der Waals surface area contributed by atoms with Gasteiger partial charge in [0.2, 0.25) is 0 Å². The van der Waals surface area contributed by atoms with E-state index in [1.807, 2.05) is 6.07 Å². The van der Waals surface area contributed by atoms with Gasteiger partial charge in [-0.25, -0.2) is 0 Å². The number of rotatable bonds is 3. The van der Waals surface area contributed by atoms with E-state index >= 15 is 0 Å². The minimum absolute atomic E-state index is 0.0198. The molecule has 0 bridgehead atoms. The van der Waals surface area contributed by atoms with Gasteiger partial charge in [0.1, 0.15) is 0 Å². The molecule has 0 atom stereocenters. The maximum atomic E-state index is 10.9. The van der Waals surface area contributed by atoms with Gasteiger partial charge in [0.15, 0.2) is 5.75 Å². The monoisotopic (exact) mass is 278 g/mol. The second kappa shape index (κ2) is 5.69. The molecule has 1 aliphatic heterocycles. The van der Waals surface area contributed by atoms with Crippen molar-refractivity contribution in [2.45, 2.75) is 33.1 Å². The fourth-order valence-electron chi connectivity index (χ4n) is 2.69. The zero-order valence-electron chi connectivity index (χ0n) is 12.4. The van der Waals surface area contributed by atoms with E-state index in [0.717, 1.165) is 31.6 Å². The van der Waals surface area contributed by atoms with Crippen LogP contribution in [0, 0.1) is 15.5 Å². The van der Waals surface area contributed by atoms with Gasteiger partial charge in [0.25, 0.3) is 0 Å². The van der Waals surface area contributed by atoms with Crippen LogP contribution < -0.4 is 9.64 Å². The standard InChI is InChI=1S/C15H22N2O3/c1-15(2)7-4-9-16(10-8-15)12-5-6-13(17(18)19)14(11-12)20-3/h5-6,11H,4,7-10H2,1-3H3. The number of hydrogen-bond acceptors (Lipinski definition) is 4. The van der Waals surface area contributed by atoms with Crippen molar-refractivity contribution in [2.75, 3.05) is 25.1 Å².